The van der Waals surface area contributed by atoms with Crippen LogP contribution in [0.4, 0.5) is 5.69 Å². The van der Waals surface area contributed by atoms with Crippen molar-refractivity contribution in [2.45, 2.75) is 19.8 Å². The van der Waals surface area contributed by atoms with Crippen LogP contribution in [-0.2, 0) is 9.59 Å². The van der Waals surface area contributed by atoms with E-state index >= 15 is 0 Å². The molecule has 1 saturated heterocycles. The molecule has 0 unspecified atom stereocenters. The van der Waals surface area contributed by atoms with E-state index in [0.717, 1.165) is 18.0 Å². The Morgan fingerprint density at radius 2 is 2.08 bits per heavy atom. The van der Waals surface area contributed by atoms with Crippen LogP contribution >= 0.6 is 24.0 Å². The second kappa shape index (κ2) is 7.92. The Bertz CT molecular complexity index is 819. The number of thiocarbonyl (C=S) groups is 1. The maximum atomic E-state index is 12.5. The molecule has 2 heterocycles. The number of rotatable bonds is 6. The molecule has 1 N–H and O–H groups in total. The van der Waals surface area contributed by atoms with Gasteiger partial charge in [-0.05, 0) is 31.6 Å². The van der Waals surface area contributed by atoms with Gasteiger partial charge in [-0.3, -0.25) is 14.5 Å². The van der Waals surface area contributed by atoms with Crippen LogP contribution in [0.3, 0.4) is 0 Å². The summed E-state index contributed by atoms with van der Waals surface area (Å²) < 4.78 is 6.31. The van der Waals surface area contributed by atoms with Gasteiger partial charge in [0.15, 0.2) is 5.75 Å². The number of hydrogen-bond donors (Lipinski definition) is 1. The van der Waals surface area contributed by atoms with Crippen molar-refractivity contribution in [3.8, 4) is 5.75 Å². The lowest BCUT2D eigenvalue weighted by atomic mass is 10.3. The summed E-state index contributed by atoms with van der Waals surface area (Å²) in [5.41, 5.74) is 0.996. The number of fused-ring (bicyclic) bond motifs is 1. The maximum absolute atomic E-state index is 12.5. The molecule has 1 amide bonds. The highest BCUT2D eigenvalue weighted by Gasteiger charge is 2.31. The van der Waals surface area contributed by atoms with Crippen LogP contribution in [-0.4, -0.2) is 39.3 Å². The van der Waals surface area contributed by atoms with Crippen molar-refractivity contribution in [2.24, 2.45) is 0 Å². The Morgan fingerprint density at radius 3 is 2.81 bits per heavy atom. The van der Waals surface area contributed by atoms with Crippen LogP contribution in [0.5, 0.6) is 5.75 Å². The SMILES string of the molecule is CCN1/C(=C\C=C2\SC(=S)N(CCCC(=O)O)C2=O)Oc2ccccc21. The van der Waals surface area contributed by atoms with Gasteiger partial charge in [0.25, 0.3) is 5.91 Å². The van der Waals surface area contributed by atoms with E-state index in [9.17, 15) is 9.59 Å². The first-order chi connectivity index (χ1) is 12.5. The molecule has 1 fully saturated rings. The molecule has 136 valence electrons. The molecule has 3 rings (SSSR count). The zero-order valence-corrected chi connectivity index (χ0v) is 15.8. The molecule has 0 saturated carbocycles. The molecular formula is C18H18N2O4S2. The summed E-state index contributed by atoms with van der Waals surface area (Å²) in [6, 6.07) is 7.76. The van der Waals surface area contributed by atoms with Crippen molar-refractivity contribution in [1.29, 1.82) is 0 Å². The van der Waals surface area contributed by atoms with Crippen molar-refractivity contribution >= 4 is 45.9 Å². The van der Waals surface area contributed by atoms with Gasteiger partial charge < -0.3 is 14.7 Å². The molecule has 0 spiro atoms. The van der Waals surface area contributed by atoms with Gasteiger partial charge in [-0.25, -0.2) is 0 Å². The topological polar surface area (TPSA) is 70.1 Å². The third kappa shape index (κ3) is 3.76. The molecule has 2 aliphatic heterocycles. The molecule has 26 heavy (non-hydrogen) atoms. The van der Waals surface area contributed by atoms with Crippen LogP contribution < -0.4 is 9.64 Å². The first kappa shape index (κ1) is 18.5. The number of benzene rings is 1. The van der Waals surface area contributed by atoms with Crippen molar-refractivity contribution in [3.05, 3.63) is 47.2 Å². The second-order valence-corrected chi connectivity index (χ2v) is 7.35. The minimum absolute atomic E-state index is 0.0116. The van der Waals surface area contributed by atoms with Crippen molar-refractivity contribution in [2.75, 3.05) is 18.0 Å². The van der Waals surface area contributed by atoms with E-state index < -0.39 is 5.97 Å². The lowest BCUT2D eigenvalue weighted by Crippen LogP contribution is -2.29. The van der Waals surface area contributed by atoms with E-state index in [2.05, 4.69) is 0 Å². The predicted octanol–water partition coefficient (Wildman–Crippen LogP) is 3.36. The Hall–Kier alpha value is -2.32. The van der Waals surface area contributed by atoms with E-state index in [-0.39, 0.29) is 12.3 Å². The highest BCUT2D eigenvalue weighted by atomic mass is 32.2. The largest absolute Gasteiger partial charge is 0.481 e. The Kier molecular flexibility index (Phi) is 5.63. The highest BCUT2D eigenvalue weighted by molar-refractivity contribution is 8.26. The average molecular weight is 390 g/mol. The Morgan fingerprint density at radius 1 is 1.31 bits per heavy atom. The first-order valence-corrected chi connectivity index (χ1v) is 9.45. The van der Waals surface area contributed by atoms with Gasteiger partial charge >= 0.3 is 5.97 Å². The molecule has 6 nitrogen and oxygen atoms in total. The van der Waals surface area contributed by atoms with E-state index in [1.165, 1.54) is 16.7 Å². The number of aliphatic carboxylic acids is 1. The van der Waals surface area contributed by atoms with Gasteiger partial charge in [-0.2, -0.15) is 0 Å². The highest BCUT2D eigenvalue weighted by Crippen LogP contribution is 2.39. The fourth-order valence-electron chi connectivity index (χ4n) is 2.75. The van der Waals surface area contributed by atoms with Gasteiger partial charge in [0.2, 0.25) is 5.88 Å². The fourth-order valence-corrected chi connectivity index (χ4v) is 4.00. The number of carboxylic acids is 1. The molecule has 0 aliphatic carbocycles. The van der Waals surface area contributed by atoms with Gasteiger partial charge in [0.05, 0.1) is 10.6 Å². The van der Waals surface area contributed by atoms with E-state index in [1.54, 1.807) is 12.2 Å². The molecule has 1 aromatic rings. The van der Waals surface area contributed by atoms with Gasteiger partial charge in [-0.1, -0.05) is 36.1 Å². The van der Waals surface area contributed by atoms with Crippen LogP contribution in [0.25, 0.3) is 0 Å². The summed E-state index contributed by atoms with van der Waals surface area (Å²) in [4.78, 5) is 27.1. The summed E-state index contributed by atoms with van der Waals surface area (Å²) in [7, 11) is 0. The molecular weight excluding hydrogens is 372 g/mol. The van der Waals surface area contributed by atoms with Crippen molar-refractivity contribution in [3.63, 3.8) is 0 Å². The summed E-state index contributed by atoms with van der Waals surface area (Å²) in [6.07, 6.45) is 3.86. The number of amides is 1. The third-order valence-corrected chi connectivity index (χ3v) is 5.37. The number of carbonyl (C=O) groups is 2. The van der Waals surface area contributed by atoms with Gasteiger partial charge in [0.1, 0.15) is 4.32 Å². The second-order valence-electron chi connectivity index (χ2n) is 5.67. The Balaban J connectivity index is 1.73. The molecule has 0 atom stereocenters. The lowest BCUT2D eigenvalue weighted by molar-refractivity contribution is -0.137. The standard InChI is InChI=1S/C18H18N2O4S2/c1-2-19-12-6-3-4-7-13(12)24-15(19)10-9-14-17(23)20(18(25)26-14)11-5-8-16(21)22/h3-4,6-7,9-10H,2,5,8,11H2,1H3,(H,21,22)/b14-9+,15-10+. The third-order valence-electron chi connectivity index (χ3n) is 3.98. The maximum Gasteiger partial charge on any atom is 0.303 e. The molecule has 0 bridgehead atoms. The number of carboxylic acid groups (broad SMARTS) is 1. The number of nitrogens with zero attached hydrogens (tertiary/aromatic N) is 2. The fraction of sp³-hybridized carbons (Fsp3) is 0.278. The number of hydrogen-bond acceptors (Lipinski definition) is 6. The average Bonchev–Trinajstić information content (AvgIpc) is 3.10. The van der Waals surface area contributed by atoms with Gasteiger partial charge in [-0.15, -0.1) is 0 Å². The number of ether oxygens (including phenoxy) is 1. The Labute approximate surface area is 161 Å². The summed E-state index contributed by atoms with van der Waals surface area (Å²) >= 11 is 6.46. The number of allylic oxidation sites excluding steroid dienone is 2. The molecule has 0 radical (unpaired) electrons. The number of anilines is 1. The van der Waals surface area contributed by atoms with E-state index in [1.807, 2.05) is 36.1 Å². The normalized spacial score (nSPS) is 19.4. The zero-order valence-electron chi connectivity index (χ0n) is 14.2. The zero-order chi connectivity index (χ0) is 18.7. The van der Waals surface area contributed by atoms with Gasteiger partial charge in [0, 0.05) is 25.6 Å². The minimum Gasteiger partial charge on any atom is -0.481 e. The summed E-state index contributed by atoms with van der Waals surface area (Å²) in [6.45, 7) is 3.09. The molecule has 8 heteroatoms. The van der Waals surface area contributed by atoms with Crippen LogP contribution in [0.2, 0.25) is 0 Å². The monoisotopic (exact) mass is 390 g/mol. The first-order valence-electron chi connectivity index (χ1n) is 8.23. The minimum atomic E-state index is -0.881. The quantitative estimate of drug-likeness (QED) is 0.590. The van der Waals surface area contributed by atoms with Crippen molar-refractivity contribution in [1.82, 2.24) is 4.90 Å². The van der Waals surface area contributed by atoms with Crippen LogP contribution in [0, 0.1) is 0 Å². The summed E-state index contributed by atoms with van der Waals surface area (Å²) in [5, 5.41) is 8.72. The van der Waals surface area contributed by atoms with E-state index in [4.69, 9.17) is 22.1 Å². The molecule has 2 aliphatic rings. The number of carbonyl (C=O) groups excluding carboxylic acids is 1. The molecule has 0 aromatic heterocycles. The van der Waals surface area contributed by atoms with Crippen molar-refractivity contribution < 1.29 is 19.4 Å². The van der Waals surface area contributed by atoms with Crippen LogP contribution in [0.1, 0.15) is 19.8 Å². The smallest absolute Gasteiger partial charge is 0.303 e. The number of para-hydroxylation sites is 2. The molecule has 1 aromatic carbocycles. The predicted molar refractivity (Wildman–Crippen MR) is 105 cm³/mol. The van der Waals surface area contributed by atoms with Crippen LogP contribution in [0.15, 0.2) is 47.2 Å². The van der Waals surface area contributed by atoms with E-state index in [0.29, 0.717) is 28.1 Å². The number of thioether (sulfide) groups is 1. The lowest BCUT2D eigenvalue weighted by Gasteiger charge is -2.15. The summed E-state index contributed by atoms with van der Waals surface area (Å²) in [5.74, 6) is 0.370.